The molecule has 0 radical (unpaired) electrons. The Balaban J connectivity index is 1.39. The summed E-state index contributed by atoms with van der Waals surface area (Å²) < 4.78 is 37.0. The third kappa shape index (κ3) is 4.21. The monoisotopic (exact) mass is 445 g/mol. The van der Waals surface area contributed by atoms with Crippen molar-refractivity contribution in [3.05, 3.63) is 48.4 Å². The van der Waals surface area contributed by atoms with Crippen molar-refractivity contribution in [3.8, 4) is 0 Å². The number of ether oxygens (including phenoxy) is 1. The van der Waals surface area contributed by atoms with Crippen molar-refractivity contribution in [1.29, 1.82) is 0 Å². The summed E-state index contributed by atoms with van der Waals surface area (Å²) in [5.74, 6) is -1.30. The molecular formula is C21H23N3O6S. The van der Waals surface area contributed by atoms with Gasteiger partial charge >= 0.3 is 5.97 Å². The van der Waals surface area contributed by atoms with Crippen LogP contribution in [0.4, 0.5) is 5.69 Å². The summed E-state index contributed by atoms with van der Waals surface area (Å²) in [5, 5.41) is 3.57. The largest absolute Gasteiger partial charge is 0.460 e. The van der Waals surface area contributed by atoms with Gasteiger partial charge in [-0.3, -0.25) is 4.79 Å². The van der Waals surface area contributed by atoms with E-state index >= 15 is 0 Å². The van der Waals surface area contributed by atoms with Gasteiger partial charge in [-0.2, -0.15) is 4.31 Å². The molecule has 0 saturated carbocycles. The highest BCUT2D eigenvalue weighted by Gasteiger charge is 2.34. The summed E-state index contributed by atoms with van der Waals surface area (Å²) in [6, 6.07) is 10.1. The topological polar surface area (TPSA) is 122 Å². The highest BCUT2D eigenvalue weighted by Crippen LogP contribution is 2.28. The van der Waals surface area contributed by atoms with Gasteiger partial charge in [-0.25, -0.2) is 13.2 Å². The summed E-state index contributed by atoms with van der Waals surface area (Å²) in [6.07, 6.45) is 2.59. The molecule has 0 unspecified atom stereocenters. The smallest absolute Gasteiger partial charge is 0.374 e. The van der Waals surface area contributed by atoms with Crippen LogP contribution in [0.2, 0.25) is 0 Å². The van der Waals surface area contributed by atoms with Gasteiger partial charge in [-0.05, 0) is 50.1 Å². The molecule has 2 N–H and O–H groups in total. The minimum absolute atomic E-state index is 0.131. The SMILES string of the molecule is CCOC(=O)c1ccc(S(=O)(=O)N2CCC(C(=O)Nc3cccc4[nH]ccc34)CC2)o1. The lowest BCUT2D eigenvalue weighted by Crippen LogP contribution is -2.41. The molecule has 31 heavy (non-hydrogen) atoms. The first-order valence-corrected chi connectivity index (χ1v) is 11.5. The predicted octanol–water partition coefficient (Wildman–Crippen LogP) is 2.98. The van der Waals surface area contributed by atoms with Crippen LogP contribution in [0.15, 0.2) is 52.1 Å². The fourth-order valence-corrected chi connectivity index (χ4v) is 5.07. The van der Waals surface area contributed by atoms with Crippen LogP contribution in [0.3, 0.4) is 0 Å². The van der Waals surface area contributed by atoms with Crippen molar-refractivity contribution in [1.82, 2.24) is 9.29 Å². The molecule has 3 aromatic rings. The second kappa shape index (κ2) is 8.56. The summed E-state index contributed by atoms with van der Waals surface area (Å²) >= 11 is 0. The molecule has 2 aromatic heterocycles. The zero-order chi connectivity index (χ0) is 22.0. The second-order valence-electron chi connectivity index (χ2n) is 7.25. The highest BCUT2D eigenvalue weighted by atomic mass is 32.2. The third-order valence-electron chi connectivity index (χ3n) is 5.33. The Bertz CT molecular complexity index is 1200. The van der Waals surface area contributed by atoms with Gasteiger partial charge in [0.15, 0.2) is 0 Å². The van der Waals surface area contributed by atoms with Crippen molar-refractivity contribution in [2.45, 2.75) is 24.9 Å². The molecule has 1 saturated heterocycles. The maximum Gasteiger partial charge on any atom is 0.374 e. The van der Waals surface area contributed by atoms with E-state index in [1.807, 2.05) is 30.5 Å². The van der Waals surface area contributed by atoms with Crippen LogP contribution < -0.4 is 5.32 Å². The molecule has 164 valence electrons. The molecule has 1 aliphatic rings. The molecular weight excluding hydrogens is 422 g/mol. The molecule has 0 spiro atoms. The molecule has 0 atom stereocenters. The molecule has 9 nitrogen and oxygen atoms in total. The Morgan fingerprint density at radius 3 is 2.71 bits per heavy atom. The number of aromatic amines is 1. The number of rotatable bonds is 6. The summed E-state index contributed by atoms with van der Waals surface area (Å²) in [6.45, 7) is 2.18. The van der Waals surface area contributed by atoms with Gasteiger partial charge in [-0.1, -0.05) is 6.07 Å². The number of sulfonamides is 1. The lowest BCUT2D eigenvalue weighted by atomic mass is 9.97. The predicted molar refractivity (Wildman–Crippen MR) is 113 cm³/mol. The van der Waals surface area contributed by atoms with E-state index in [1.165, 1.54) is 16.4 Å². The lowest BCUT2D eigenvalue weighted by molar-refractivity contribution is -0.120. The van der Waals surface area contributed by atoms with Crippen LogP contribution in [0, 0.1) is 5.92 Å². The first-order chi connectivity index (χ1) is 14.9. The van der Waals surface area contributed by atoms with Gasteiger partial charge < -0.3 is 19.5 Å². The van der Waals surface area contributed by atoms with Crippen LogP contribution in [0.5, 0.6) is 0 Å². The van der Waals surface area contributed by atoms with Gasteiger partial charge in [0.2, 0.25) is 16.8 Å². The highest BCUT2D eigenvalue weighted by molar-refractivity contribution is 7.89. The van der Waals surface area contributed by atoms with Crippen molar-refractivity contribution >= 4 is 38.5 Å². The number of fused-ring (bicyclic) bond motifs is 1. The zero-order valence-electron chi connectivity index (χ0n) is 17.0. The van der Waals surface area contributed by atoms with Crippen LogP contribution in [0.1, 0.15) is 30.3 Å². The number of furan rings is 1. The average molecular weight is 445 g/mol. The molecule has 1 aliphatic heterocycles. The van der Waals surface area contributed by atoms with Crippen molar-refractivity contribution in [2.75, 3.05) is 25.0 Å². The number of H-pyrrole nitrogens is 1. The van der Waals surface area contributed by atoms with Crippen molar-refractivity contribution in [2.24, 2.45) is 5.92 Å². The van der Waals surface area contributed by atoms with Gasteiger partial charge in [-0.15, -0.1) is 0 Å². The number of amides is 1. The quantitative estimate of drug-likeness (QED) is 0.563. The zero-order valence-corrected chi connectivity index (χ0v) is 17.8. The summed E-state index contributed by atoms with van der Waals surface area (Å²) in [7, 11) is -3.90. The summed E-state index contributed by atoms with van der Waals surface area (Å²) in [4.78, 5) is 27.6. The molecule has 1 amide bonds. The summed E-state index contributed by atoms with van der Waals surface area (Å²) in [5.41, 5.74) is 1.65. The first kappa shape index (κ1) is 21.1. The van der Waals surface area contributed by atoms with E-state index in [-0.39, 0.29) is 42.4 Å². The number of piperidine rings is 1. The van der Waals surface area contributed by atoms with E-state index in [2.05, 4.69) is 10.3 Å². The fraction of sp³-hybridized carbons (Fsp3) is 0.333. The molecule has 10 heteroatoms. The van der Waals surface area contributed by atoms with E-state index in [4.69, 9.17) is 9.15 Å². The number of nitrogens with one attached hydrogen (secondary N) is 2. The minimum Gasteiger partial charge on any atom is -0.460 e. The number of hydrogen-bond donors (Lipinski definition) is 2. The van der Waals surface area contributed by atoms with Crippen molar-refractivity contribution in [3.63, 3.8) is 0 Å². The number of benzene rings is 1. The fourth-order valence-electron chi connectivity index (χ4n) is 3.69. The van der Waals surface area contributed by atoms with Gasteiger partial charge in [0, 0.05) is 36.1 Å². The van der Waals surface area contributed by atoms with E-state index in [9.17, 15) is 18.0 Å². The molecule has 0 aliphatic carbocycles. The molecule has 1 fully saturated rings. The van der Waals surface area contributed by atoms with E-state index in [1.54, 1.807) is 6.92 Å². The molecule has 0 bridgehead atoms. The maximum absolute atomic E-state index is 12.8. The molecule has 4 rings (SSSR count). The minimum atomic E-state index is -3.90. The third-order valence-corrected chi connectivity index (χ3v) is 7.10. The number of aromatic nitrogens is 1. The van der Waals surface area contributed by atoms with Gasteiger partial charge in [0.1, 0.15) is 0 Å². The number of esters is 1. The first-order valence-electron chi connectivity index (χ1n) is 10.0. The Morgan fingerprint density at radius 1 is 1.19 bits per heavy atom. The number of carbonyl (C=O) groups excluding carboxylic acids is 2. The van der Waals surface area contributed by atoms with E-state index < -0.39 is 16.0 Å². The maximum atomic E-state index is 12.8. The van der Waals surface area contributed by atoms with Crippen LogP contribution in [-0.2, 0) is 19.6 Å². The number of anilines is 1. The van der Waals surface area contributed by atoms with Crippen molar-refractivity contribution < 1.29 is 27.2 Å². The molecule has 1 aromatic carbocycles. The number of hydrogen-bond acceptors (Lipinski definition) is 6. The van der Waals surface area contributed by atoms with E-state index in [0.717, 1.165) is 16.6 Å². The van der Waals surface area contributed by atoms with E-state index in [0.29, 0.717) is 12.8 Å². The van der Waals surface area contributed by atoms with Gasteiger partial charge in [0.25, 0.3) is 10.0 Å². The normalized spacial score (nSPS) is 15.8. The van der Waals surface area contributed by atoms with Crippen LogP contribution in [-0.4, -0.2) is 49.3 Å². The average Bonchev–Trinajstić information content (AvgIpc) is 3.45. The lowest BCUT2D eigenvalue weighted by Gasteiger charge is -2.29. The Labute approximate surface area is 179 Å². The standard InChI is InChI=1S/C21H23N3O6S/c1-2-29-21(26)18-6-7-19(30-18)31(27,28)24-12-9-14(10-13-24)20(25)23-17-5-3-4-16-15(17)8-11-22-16/h3-8,11,14,22H,2,9-10,12-13H2,1H3,(H,23,25). The Hall–Kier alpha value is -3.11. The van der Waals surface area contributed by atoms with Gasteiger partial charge in [0.05, 0.1) is 12.3 Å². The number of carbonyl (C=O) groups is 2. The van der Waals surface area contributed by atoms with Crippen LogP contribution in [0.25, 0.3) is 10.9 Å². The number of nitrogens with zero attached hydrogens (tertiary/aromatic N) is 1. The Morgan fingerprint density at radius 2 is 1.97 bits per heavy atom. The Kier molecular flexibility index (Phi) is 5.84. The van der Waals surface area contributed by atoms with Crippen LogP contribution >= 0.6 is 0 Å². The molecule has 3 heterocycles. The second-order valence-corrected chi connectivity index (χ2v) is 9.12.